The summed E-state index contributed by atoms with van der Waals surface area (Å²) in [5.74, 6) is -0.223. The van der Waals surface area contributed by atoms with Gasteiger partial charge in [0.2, 0.25) is 5.75 Å². The fourth-order valence-corrected chi connectivity index (χ4v) is 2.87. The minimum Gasteiger partial charge on any atom is -0.493 e. The largest absolute Gasteiger partial charge is 0.493 e. The van der Waals surface area contributed by atoms with Crippen LogP contribution in [0.3, 0.4) is 0 Å². The van der Waals surface area contributed by atoms with Crippen LogP contribution in [0.1, 0.15) is 40.0 Å². The molecular weight excluding hydrogens is 374 g/mol. The molecule has 0 fully saturated rings. The van der Waals surface area contributed by atoms with E-state index in [1.54, 1.807) is 6.07 Å². The first-order chi connectivity index (χ1) is 13.8. The lowest BCUT2D eigenvalue weighted by molar-refractivity contribution is -0.124. The molecule has 29 heavy (non-hydrogen) atoms. The monoisotopic (exact) mass is 401 g/mol. The number of carbonyl (C=O) groups is 2. The van der Waals surface area contributed by atoms with Gasteiger partial charge >= 0.3 is 5.97 Å². The molecule has 1 N–H and O–H groups in total. The topological polar surface area (TPSA) is 83.1 Å². The van der Waals surface area contributed by atoms with E-state index in [0.29, 0.717) is 5.75 Å². The maximum Gasteiger partial charge on any atom is 0.342 e. The minimum atomic E-state index is -0.697. The van der Waals surface area contributed by atoms with Crippen molar-refractivity contribution in [1.82, 2.24) is 5.32 Å². The van der Waals surface area contributed by atoms with Gasteiger partial charge in [0.1, 0.15) is 5.56 Å². The van der Waals surface area contributed by atoms with E-state index >= 15 is 0 Å². The van der Waals surface area contributed by atoms with E-state index in [1.165, 1.54) is 33.0 Å². The van der Waals surface area contributed by atoms with Gasteiger partial charge in [0, 0.05) is 0 Å². The van der Waals surface area contributed by atoms with E-state index in [9.17, 15) is 9.59 Å². The lowest BCUT2D eigenvalue weighted by Gasteiger charge is -2.17. The van der Waals surface area contributed by atoms with Gasteiger partial charge in [-0.1, -0.05) is 18.2 Å². The highest BCUT2D eigenvalue weighted by Gasteiger charge is 2.22. The average Bonchev–Trinajstić information content (AvgIpc) is 2.72. The molecule has 1 amide bonds. The molecule has 0 heterocycles. The second-order valence-corrected chi connectivity index (χ2v) is 6.59. The number of methoxy groups -OCH3 is 3. The van der Waals surface area contributed by atoms with Gasteiger partial charge in [0.25, 0.3) is 5.91 Å². The summed E-state index contributed by atoms with van der Waals surface area (Å²) in [7, 11) is 4.33. The average molecular weight is 401 g/mol. The molecular formula is C22H27NO6. The number of carbonyl (C=O) groups excluding carboxylic acids is 2. The standard InChI is InChI=1S/C22H27NO6/c1-13-7-8-16(11-14(13)2)15(3)23-19(24)12-29-22(25)17-9-10-18(26-4)21(28-6)20(17)27-5/h7-11,15H,12H2,1-6H3,(H,23,24)/t15-/m1/s1. The third-order valence-corrected chi connectivity index (χ3v) is 4.67. The lowest BCUT2D eigenvalue weighted by atomic mass is 10.0. The van der Waals surface area contributed by atoms with Crippen LogP contribution in [0, 0.1) is 13.8 Å². The molecule has 0 aromatic heterocycles. The molecule has 1 atom stereocenters. The highest BCUT2D eigenvalue weighted by Crippen LogP contribution is 2.39. The van der Waals surface area contributed by atoms with Crippen molar-refractivity contribution in [3.63, 3.8) is 0 Å². The van der Waals surface area contributed by atoms with E-state index < -0.39 is 18.5 Å². The Labute approximate surface area is 170 Å². The number of hydrogen-bond donors (Lipinski definition) is 1. The molecule has 2 aromatic carbocycles. The fraction of sp³-hybridized carbons (Fsp3) is 0.364. The number of rotatable bonds is 8. The number of ether oxygens (including phenoxy) is 4. The molecule has 2 aromatic rings. The normalized spacial score (nSPS) is 11.4. The van der Waals surface area contributed by atoms with Crippen LogP contribution in [-0.4, -0.2) is 39.8 Å². The second-order valence-electron chi connectivity index (χ2n) is 6.59. The zero-order valence-corrected chi connectivity index (χ0v) is 17.6. The summed E-state index contributed by atoms with van der Waals surface area (Å²) < 4.78 is 20.9. The van der Waals surface area contributed by atoms with Gasteiger partial charge < -0.3 is 24.3 Å². The van der Waals surface area contributed by atoms with Gasteiger partial charge in [-0.05, 0) is 49.6 Å². The number of esters is 1. The van der Waals surface area contributed by atoms with Crippen LogP contribution in [0.15, 0.2) is 30.3 Å². The third kappa shape index (κ3) is 5.19. The van der Waals surface area contributed by atoms with Crippen molar-refractivity contribution in [1.29, 1.82) is 0 Å². The first-order valence-electron chi connectivity index (χ1n) is 9.15. The number of nitrogens with one attached hydrogen (secondary N) is 1. The maximum absolute atomic E-state index is 12.5. The first kappa shape index (κ1) is 22.1. The molecule has 0 bridgehead atoms. The molecule has 0 unspecified atom stereocenters. The van der Waals surface area contributed by atoms with E-state index in [-0.39, 0.29) is 23.1 Å². The van der Waals surface area contributed by atoms with Crippen molar-refractivity contribution >= 4 is 11.9 Å². The van der Waals surface area contributed by atoms with E-state index in [1.807, 2.05) is 39.0 Å². The van der Waals surface area contributed by atoms with E-state index in [0.717, 1.165) is 11.1 Å². The van der Waals surface area contributed by atoms with Gasteiger partial charge in [0.15, 0.2) is 18.1 Å². The Morgan fingerprint density at radius 1 is 0.931 bits per heavy atom. The number of amides is 1. The summed E-state index contributed by atoms with van der Waals surface area (Å²) >= 11 is 0. The molecule has 2 rings (SSSR count). The van der Waals surface area contributed by atoms with Crippen LogP contribution in [-0.2, 0) is 9.53 Å². The molecule has 0 aliphatic heterocycles. The molecule has 0 radical (unpaired) electrons. The molecule has 0 saturated heterocycles. The van der Waals surface area contributed by atoms with E-state index in [2.05, 4.69) is 5.32 Å². The van der Waals surface area contributed by atoms with Crippen molar-refractivity contribution < 1.29 is 28.5 Å². The van der Waals surface area contributed by atoms with Crippen LogP contribution in [0.2, 0.25) is 0 Å². The molecule has 7 nitrogen and oxygen atoms in total. The zero-order valence-electron chi connectivity index (χ0n) is 17.6. The van der Waals surface area contributed by atoms with Crippen molar-refractivity contribution in [2.75, 3.05) is 27.9 Å². The molecule has 0 aliphatic carbocycles. The Hall–Kier alpha value is -3.22. The van der Waals surface area contributed by atoms with Crippen LogP contribution in [0.25, 0.3) is 0 Å². The third-order valence-electron chi connectivity index (χ3n) is 4.67. The summed E-state index contributed by atoms with van der Waals surface area (Å²) in [5.41, 5.74) is 3.45. The first-order valence-corrected chi connectivity index (χ1v) is 9.15. The van der Waals surface area contributed by atoms with E-state index in [4.69, 9.17) is 18.9 Å². The minimum absolute atomic E-state index is 0.139. The Balaban J connectivity index is 2.03. The molecule has 0 spiro atoms. The molecule has 156 valence electrons. The maximum atomic E-state index is 12.5. The van der Waals surface area contributed by atoms with Gasteiger partial charge in [-0.2, -0.15) is 0 Å². The highest BCUT2D eigenvalue weighted by atomic mass is 16.5. The van der Waals surface area contributed by atoms with Gasteiger partial charge in [-0.25, -0.2) is 4.79 Å². The molecule has 7 heteroatoms. The number of benzene rings is 2. The van der Waals surface area contributed by atoms with Crippen LogP contribution < -0.4 is 19.5 Å². The summed E-state index contributed by atoms with van der Waals surface area (Å²) in [6.45, 7) is 5.52. The van der Waals surface area contributed by atoms with Crippen molar-refractivity contribution in [3.05, 3.63) is 52.6 Å². The zero-order chi connectivity index (χ0) is 21.6. The summed E-state index contributed by atoms with van der Waals surface area (Å²) in [5, 5.41) is 2.83. The Bertz CT molecular complexity index is 893. The Morgan fingerprint density at radius 2 is 1.62 bits per heavy atom. The summed E-state index contributed by atoms with van der Waals surface area (Å²) in [6.07, 6.45) is 0. The van der Waals surface area contributed by atoms with Crippen LogP contribution >= 0.6 is 0 Å². The van der Waals surface area contributed by atoms with Crippen molar-refractivity contribution in [3.8, 4) is 17.2 Å². The smallest absolute Gasteiger partial charge is 0.342 e. The molecule has 0 saturated carbocycles. The molecule has 0 aliphatic rings. The fourth-order valence-electron chi connectivity index (χ4n) is 2.87. The summed E-state index contributed by atoms with van der Waals surface area (Å²) in [4.78, 5) is 24.7. The SMILES string of the molecule is COc1ccc(C(=O)OCC(=O)N[C@H](C)c2ccc(C)c(C)c2)c(OC)c1OC. The van der Waals surface area contributed by atoms with Crippen molar-refractivity contribution in [2.24, 2.45) is 0 Å². The van der Waals surface area contributed by atoms with Crippen molar-refractivity contribution in [2.45, 2.75) is 26.8 Å². The summed E-state index contributed by atoms with van der Waals surface area (Å²) in [6, 6.07) is 8.86. The number of hydrogen-bond acceptors (Lipinski definition) is 6. The van der Waals surface area contributed by atoms with Crippen LogP contribution in [0.4, 0.5) is 0 Å². The Morgan fingerprint density at radius 3 is 2.21 bits per heavy atom. The number of aryl methyl sites for hydroxylation is 2. The lowest BCUT2D eigenvalue weighted by Crippen LogP contribution is -2.31. The highest BCUT2D eigenvalue weighted by molar-refractivity contribution is 5.95. The van der Waals surface area contributed by atoms with Gasteiger partial charge in [-0.15, -0.1) is 0 Å². The van der Waals surface area contributed by atoms with Crippen LogP contribution in [0.5, 0.6) is 17.2 Å². The predicted molar refractivity (Wildman–Crippen MR) is 109 cm³/mol. The van der Waals surface area contributed by atoms with Gasteiger partial charge in [-0.3, -0.25) is 4.79 Å². The quantitative estimate of drug-likeness (QED) is 0.683. The second kappa shape index (κ2) is 9.82. The Kier molecular flexibility index (Phi) is 7.47. The predicted octanol–water partition coefficient (Wildman–Crippen LogP) is 3.36. The van der Waals surface area contributed by atoms with Gasteiger partial charge in [0.05, 0.1) is 27.4 Å².